The molecule has 1 aromatic carbocycles. The van der Waals surface area contributed by atoms with Crippen LogP contribution in [0.15, 0.2) is 30.3 Å². The van der Waals surface area contributed by atoms with E-state index in [1.54, 1.807) is 0 Å². The molecule has 54 valence electrons. The van der Waals surface area contributed by atoms with Crippen LogP contribution >= 0.6 is 12.6 Å². The third-order valence-corrected chi connectivity index (χ3v) is 1.82. The van der Waals surface area contributed by atoms with E-state index in [0.717, 1.165) is 5.56 Å². The molecule has 0 unspecified atom stereocenters. The van der Waals surface area contributed by atoms with Crippen molar-refractivity contribution in [3.05, 3.63) is 35.9 Å². The minimum atomic E-state index is 0.0736. The van der Waals surface area contributed by atoms with Gasteiger partial charge in [-0.25, -0.2) is 0 Å². The summed E-state index contributed by atoms with van der Waals surface area (Å²) >= 11 is 4.10. The second-order valence-corrected chi connectivity index (χ2v) is 2.56. The summed E-state index contributed by atoms with van der Waals surface area (Å²) in [6.07, 6.45) is 0. The van der Waals surface area contributed by atoms with Gasteiger partial charge in [0.1, 0.15) is 0 Å². The van der Waals surface area contributed by atoms with Crippen molar-refractivity contribution in [3.63, 3.8) is 0 Å². The predicted molar refractivity (Wildman–Crippen MR) is 47.2 cm³/mol. The van der Waals surface area contributed by atoms with Crippen LogP contribution < -0.4 is 5.73 Å². The molecule has 1 aromatic rings. The van der Waals surface area contributed by atoms with Crippen molar-refractivity contribution < 1.29 is 0 Å². The zero-order valence-electron chi connectivity index (χ0n) is 5.70. The van der Waals surface area contributed by atoms with E-state index < -0.39 is 0 Å². The number of nitrogens with two attached hydrogens (primary N) is 1. The van der Waals surface area contributed by atoms with Crippen LogP contribution in [0.5, 0.6) is 0 Å². The van der Waals surface area contributed by atoms with Gasteiger partial charge in [-0.15, -0.1) is 0 Å². The fourth-order valence-corrected chi connectivity index (χ4v) is 1.02. The second kappa shape index (κ2) is 3.64. The second-order valence-electron chi connectivity index (χ2n) is 2.20. The van der Waals surface area contributed by atoms with E-state index >= 15 is 0 Å². The Kier molecular flexibility index (Phi) is 2.78. The summed E-state index contributed by atoms with van der Waals surface area (Å²) in [5.74, 6) is 0.698. The molecule has 0 spiro atoms. The van der Waals surface area contributed by atoms with Crippen molar-refractivity contribution in [3.8, 4) is 0 Å². The summed E-state index contributed by atoms with van der Waals surface area (Å²) in [7, 11) is 0. The van der Waals surface area contributed by atoms with Gasteiger partial charge in [0.2, 0.25) is 0 Å². The molecule has 0 saturated carbocycles. The maximum absolute atomic E-state index is 5.72. The van der Waals surface area contributed by atoms with Crippen LogP contribution in [-0.2, 0) is 0 Å². The lowest BCUT2D eigenvalue weighted by atomic mass is 10.1. The Morgan fingerprint density at radius 2 is 1.90 bits per heavy atom. The Hall–Kier alpha value is -0.470. The van der Waals surface area contributed by atoms with Crippen molar-refractivity contribution in [2.24, 2.45) is 5.73 Å². The molecule has 0 aliphatic carbocycles. The monoisotopic (exact) mass is 153 g/mol. The molecule has 1 nitrogen and oxygen atoms in total. The molecule has 1 rings (SSSR count). The largest absolute Gasteiger partial charge is 0.323 e. The first-order valence-corrected chi connectivity index (χ1v) is 3.89. The molecule has 0 fully saturated rings. The number of hydrogen-bond acceptors (Lipinski definition) is 2. The van der Waals surface area contributed by atoms with Gasteiger partial charge >= 0.3 is 0 Å². The number of benzene rings is 1. The molecular weight excluding hydrogens is 142 g/mol. The van der Waals surface area contributed by atoms with E-state index in [0.29, 0.717) is 5.75 Å². The Morgan fingerprint density at radius 1 is 1.30 bits per heavy atom. The highest BCUT2D eigenvalue weighted by Crippen LogP contribution is 2.09. The maximum atomic E-state index is 5.72. The van der Waals surface area contributed by atoms with Crippen molar-refractivity contribution in [2.45, 2.75) is 6.04 Å². The van der Waals surface area contributed by atoms with Crippen molar-refractivity contribution in [1.29, 1.82) is 0 Å². The molecule has 10 heavy (non-hydrogen) atoms. The molecule has 0 saturated heterocycles. The van der Waals surface area contributed by atoms with E-state index in [9.17, 15) is 0 Å². The van der Waals surface area contributed by atoms with E-state index in [2.05, 4.69) is 12.6 Å². The van der Waals surface area contributed by atoms with E-state index in [1.165, 1.54) is 0 Å². The van der Waals surface area contributed by atoms with Crippen LogP contribution in [0.25, 0.3) is 0 Å². The van der Waals surface area contributed by atoms with Gasteiger partial charge in [0.05, 0.1) is 0 Å². The Balaban J connectivity index is 2.75. The van der Waals surface area contributed by atoms with E-state index in [1.807, 2.05) is 30.3 Å². The lowest BCUT2D eigenvalue weighted by Crippen LogP contribution is -2.10. The first-order valence-electron chi connectivity index (χ1n) is 3.26. The van der Waals surface area contributed by atoms with Crippen LogP contribution in [0.2, 0.25) is 0 Å². The normalized spacial score (nSPS) is 13.0. The SMILES string of the molecule is N[C@@H](CS)c1ccccc1. The third kappa shape index (κ3) is 1.75. The minimum Gasteiger partial charge on any atom is -0.323 e. The highest BCUT2D eigenvalue weighted by Gasteiger charge is 1.99. The molecule has 0 aromatic heterocycles. The standard InChI is InChI=1S/C8H11NS/c9-8(6-10)7-4-2-1-3-5-7/h1-5,8,10H,6,9H2/t8-/m0/s1. The van der Waals surface area contributed by atoms with Crippen molar-refractivity contribution >= 4 is 12.6 Å². The molecule has 2 N–H and O–H groups in total. The summed E-state index contributed by atoms with van der Waals surface area (Å²) in [6, 6.07) is 10.1. The quantitative estimate of drug-likeness (QED) is 0.620. The smallest absolute Gasteiger partial charge is 0.0384 e. The van der Waals surface area contributed by atoms with Gasteiger partial charge in [-0.1, -0.05) is 30.3 Å². The minimum absolute atomic E-state index is 0.0736. The summed E-state index contributed by atoms with van der Waals surface area (Å²) < 4.78 is 0. The van der Waals surface area contributed by atoms with Gasteiger partial charge in [0.15, 0.2) is 0 Å². The highest BCUT2D eigenvalue weighted by atomic mass is 32.1. The lowest BCUT2D eigenvalue weighted by Gasteiger charge is -2.06. The zero-order chi connectivity index (χ0) is 7.40. The van der Waals surface area contributed by atoms with Crippen LogP contribution in [-0.4, -0.2) is 5.75 Å². The summed E-state index contributed by atoms with van der Waals surface area (Å²) in [5, 5.41) is 0. The molecule has 1 atom stereocenters. The average molecular weight is 153 g/mol. The van der Waals surface area contributed by atoms with Crippen LogP contribution in [0.3, 0.4) is 0 Å². The van der Waals surface area contributed by atoms with Gasteiger partial charge in [0, 0.05) is 11.8 Å². The van der Waals surface area contributed by atoms with Crippen LogP contribution in [0.4, 0.5) is 0 Å². The Bertz CT molecular complexity index is 186. The lowest BCUT2D eigenvalue weighted by molar-refractivity contribution is 0.834. The number of rotatable bonds is 2. The molecule has 0 amide bonds. The zero-order valence-corrected chi connectivity index (χ0v) is 6.59. The molecular formula is C8H11NS. The Morgan fingerprint density at radius 3 is 2.40 bits per heavy atom. The van der Waals surface area contributed by atoms with Gasteiger partial charge < -0.3 is 5.73 Å². The molecule has 0 bridgehead atoms. The Labute approximate surface area is 66.7 Å². The number of thiol groups is 1. The average Bonchev–Trinajstić information content (AvgIpc) is 2.05. The van der Waals surface area contributed by atoms with Gasteiger partial charge in [0.25, 0.3) is 0 Å². The van der Waals surface area contributed by atoms with Gasteiger partial charge in [-0.3, -0.25) is 0 Å². The maximum Gasteiger partial charge on any atom is 0.0384 e. The third-order valence-electron chi connectivity index (χ3n) is 1.42. The summed E-state index contributed by atoms with van der Waals surface area (Å²) in [6.45, 7) is 0. The molecule has 0 radical (unpaired) electrons. The summed E-state index contributed by atoms with van der Waals surface area (Å²) in [5.41, 5.74) is 6.87. The van der Waals surface area contributed by atoms with Crippen LogP contribution in [0, 0.1) is 0 Å². The van der Waals surface area contributed by atoms with Crippen LogP contribution in [0.1, 0.15) is 11.6 Å². The predicted octanol–water partition coefficient (Wildman–Crippen LogP) is 1.62. The molecule has 0 aliphatic rings. The van der Waals surface area contributed by atoms with Crippen molar-refractivity contribution in [1.82, 2.24) is 0 Å². The van der Waals surface area contributed by atoms with Gasteiger partial charge in [-0.05, 0) is 5.56 Å². The fraction of sp³-hybridized carbons (Fsp3) is 0.250. The first kappa shape index (κ1) is 7.63. The van der Waals surface area contributed by atoms with Gasteiger partial charge in [-0.2, -0.15) is 12.6 Å². The highest BCUT2D eigenvalue weighted by molar-refractivity contribution is 7.80. The fourth-order valence-electron chi connectivity index (χ4n) is 0.806. The molecule has 0 heterocycles. The molecule has 0 aliphatic heterocycles. The van der Waals surface area contributed by atoms with E-state index in [4.69, 9.17) is 5.73 Å². The molecule has 2 heteroatoms. The topological polar surface area (TPSA) is 26.0 Å². The van der Waals surface area contributed by atoms with Crippen molar-refractivity contribution in [2.75, 3.05) is 5.75 Å². The summed E-state index contributed by atoms with van der Waals surface area (Å²) in [4.78, 5) is 0. The first-order chi connectivity index (χ1) is 4.84. The number of hydrogen-bond donors (Lipinski definition) is 2. The van der Waals surface area contributed by atoms with E-state index in [-0.39, 0.29) is 6.04 Å².